The van der Waals surface area contributed by atoms with Gasteiger partial charge in [-0.3, -0.25) is 0 Å². The van der Waals surface area contributed by atoms with E-state index in [1.54, 1.807) is 7.11 Å². The first-order valence-corrected chi connectivity index (χ1v) is 7.73. The number of ether oxygens (including phenoxy) is 2. The molecule has 0 saturated heterocycles. The number of methoxy groups -OCH3 is 1. The molecule has 0 radical (unpaired) electrons. The summed E-state index contributed by atoms with van der Waals surface area (Å²) in [6.07, 6.45) is 1.81. The Morgan fingerprint density at radius 2 is 1.76 bits per heavy atom. The van der Waals surface area contributed by atoms with Crippen LogP contribution in [0.25, 0.3) is 0 Å². The Balaban J connectivity index is 2.22. The van der Waals surface area contributed by atoms with Crippen LogP contribution in [0.15, 0.2) is 24.3 Å². The highest BCUT2D eigenvalue weighted by molar-refractivity contribution is 5.31. The summed E-state index contributed by atoms with van der Waals surface area (Å²) in [5, 5.41) is 13.3. The molecule has 0 bridgehead atoms. The molecule has 0 saturated carbocycles. The molecule has 0 fully saturated rings. The molecule has 4 nitrogen and oxygen atoms in total. The zero-order chi connectivity index (χ0) is 15.7. The van der Waals surface area contributed by atoms with Gasteiger partial charge in [-0.15, -0.1) is 0 Å². The topological polar surface area (TPSA) is 50.7 Å². The molecule has 1 aromatic rings. The van der Waals surface area contributed by atoms with Crippen LogP contribution in [0.3, 0.4) is 0 Å². The third kappa shape index (κ3) is 7.34. The van der Waals surface area contributed by atoms with E-state index < -0.39 is 6.10 Å². The van der Waals surface area contributed by atoms with E-state index in [-0.39, 0.29) is 6.61 Å². The summed E-state index contributed by atoms with van der Waals surface area (Å²) in [6.45, 7) is 7.45. The van der Waals surface area contributed by atoms with Gasteiger partial charge in [0.25, 0.3) is 0 Å². The number of hydrogen-bond acceptors (Lipinski definition) is 4. The summed E-state index contributed by atoms with van der Waals surface area (Å²) in [5.41, 5.74) is 0. The molecule has 0 aliphatic heterocycles. The molecule has 1 rings (SSSR count). The lowest BCUT2D eigenvalue weighted by atomic mass is 10.0. The number of hydrogen-bond donors (Lipinski definition) is 2. The molecule has 0 aromatic heterocycles. The molecule has 0 spiro atoms. The Kier molecular flexibility index (Phi) is 8.16. The van der Waals surface area contributed by atoms with E-state index in [2.05, 4.69) is 26.1 Å². The smallest absolute Gasteiger partial charge is 0.119 e. The van der Waals surface area contributed by atoms with Crippen LogP contribution < -0.4 is 14.8 Å². The van der Waals surface area contributed by atoms with Gasteiger partial charge in [0.05, 0.1) is 7.11 Å². The Hall–Kier alpha value is -1.26. The van der Waals surface area contributed by atoms with Crippen molar-refractivity contribution in [3.05, 3.63) is 24.3 Å². The van der Waals surface area contributed by atoms with E-state index in [1.165, 1.54) is 6.42 Å². The second-order valence-electron chi connectivity index (χ2n) is 5.70. The Labute approximate surface area is 128 Å². The fraction of sp³-hybridized carbons (Fsp3) is 0.647. The SMILES string of the molecule is CCC(C)CC(C)NCC(O)COc1ccc(OC)cc1. The van der Waals surface area contributed by atoms with Crippen molar-refractivity contribution in [2.45, 2.75) is 45.8 Å². The molecule has 3 unspecified atom stereocenters. The molecule has 120 valence electrons. The zero-order valence-corrected chi connectivity index (χ0v) is 13.6. The largest absolute Gasteiger partial charge is 0.497 e. The van der Waals surface area contributed by atoms with Crippen molar-refractivity contribution in [3.63, 3.8) is 0 Å². The third-order valence-corrected chi connectivity index (χ3v) is 3.66. The van der Waals surface area contributed by atoms with Crippen LogP contribution in [0.1, 0.15) is 33.6 Å². The van der Waals surface area contributed by atoms with Crippen molar-refractivity contribution < 1.29 is 14.6 Å². The highest BCUT2D eigenvalue weighted by Gasteiger charge is 2.10. The van der Waals surface area contributed by atoms with Gasteiger partial charge in [-0.1, -0.05) is 20.3 Å². The van der Waals surface area contributed by atoms with Crippen LogP contribution >= 0.6 is 0 Å². The summed E-state index contributed by atoms with van der Waals surface area (Å²) >= 11 is 0. The fourth-order valence-corrected chi connectivity index (χ4v) is 2.11. The summed E-state index contributed by atoms with van der Waals surface area (Å²) < 4.78 is 10.6. The normalized spacial score (nSPS) is 15.3. The standard InChI is InChI=1S/C17H29NO3/c1-5-13(2)10-14(3)18-11-15(19)12-21-17-8-6-16(20-4)7-9-17/h6-9,13-15,18-19H,5,10-12H2,1-4H3. The summed E-state index contributed by atoms with van der Waals surface area (Å²) in [5.74, 6) is 2.24. The fourth-order valence-electron chi connectivity index (χ4n) is 2.11. The zero-order valence-electron chi connectivity index (χ0n) is 13.6. The van der Waals surface area contributed by atoms with Gasteiger partial charge < -0.3 is 19.9 Å². The quantitative estimate of drug-likeness (QED) is 0.697. The van der Waals surface area contributed by atoms with Crippen molar-refractivity contribution in [3.8, 4) is 11.5 Å². The molecule has 21 heavy (non-hydrogen) atoms. The summed E-state index contributed by atoms with van der Waals surface area (Å²) in [6, 6.07) is 7.77. The lowest BCUT2D eigenvalue weighted by Gasteiger charge is -2.20. The second kappa shape index (κ2) is 9.64. The highest BCUT2D eigenvalue weighted by atomic mass is 16.5. The van der Waals surface area contributed by atoms with Gasteiger partial charge >= 0.3 is 0 Å². The first-order chi connectivity index (χ1) is 10.0. The second-order valence-corrected chi connectivity index (χ2v) is 5.70. The highest BCUT2D eigenvalue weighted by Crippen LogP contribution is 2.17. The van der Waals surface area contributed by atoms with Gasteiger partial charge in [0, 0.05) is 12.6 Å². The van der Waals surface area contributed by atoms with E-state index in [0.29, 0.717) is 18.5 Å². The van der Waals surface area contributed by atoms with Crippen molar-refractivity contribution in [2.24, 2.45) is 5.92 Å². The van der Waals surface area contributed by atoms with Crippen LogP contribution in [0.2, 0.25) is 0 Å². The van der Waals surface area contributed by atoms with Crippen LogP contribution in [0, 0.1) is 5.92 Å². The van der Waals surface area contributed by atoms with Gasteiger partial charge in [-0.05, 0) is 43.5 Å². The summed E-state index contributed by atoms with van der Waals surface area (Å²) in [4.78, 5) is 0. The van der Waals surface area contributed by atoms with E-state index in [1.807, 2.05) is 24.3 Å². The minimum absolute atomic E-state index is 0.287. The first-order valence-electron chi connectivity index (χ1n) is 7.73. The van der Waals surface area contributed by atoms with Gasteiger partial charge in [-0.2, -0.15) is 0 Å². The minimum Gasteiger partial charge on any atom is -0.497 e. The number of benzene rings is 1. The number of aliphatic hydroxyl groups excluding tert-OH is 1. The summed E-state index contributed by atoms with van der Waals surface area (Å²) in [7, 11) is 1.63. The molecular formula is C17H29NO3. The Morgan fingerprint density at radius 3 is 2.33 bits per heavy atom. The molecule has 1 aromatic carbocycles. The number of aliphatic hydroxyl groups is 1. The van der Waals surface area contributed by atoms with Crippen molar-refractivity contribution in [1.29, 1.82) is 0 Å². The third-order valence-electron chi connectivity index (χ3n) is 3.66. The molecule has 4 heteroatoms. The van der Waals surface area contributed by atoms with Gasteiger partial charge in [-0.25, -0.2) is 0 Å². The number of rotatable bonds is 10. The molecular weight excluding hydrogens is 266 g/mol. The Bertz CT molecular complexity index is 380. The van der Waals surface area contributed by atoms with Crippen molar-refractivity contribution in [2.75, 3.05) is 20.3 Å². The predicted octanol–water partition coefficient (Wildman–Crippen LogP) is 2.85. The van der Waals surface area contributed by atoms with Crippen LogP contribution in [0.5, 0.6) is 11.5 Å². The monoisotopic (exact) mass is 295 g/mol. The maximum absolute atomic E-state index is 9.94. The lowest BCUT2D eigenvalue weighted by molar-refractivity contribution is 0.103. The van der Waals surface area contributed by atoms with Crippen LogP contribution in [-0.2, 0) is 0 Å². The van der Waals surface area contributed by atoms with Crippen LogP contribution in [0.4, 0.5) is 0 Å². The maximum atomic E-state index is 9.94. The molecule has 0 aliphatic rings. The maximum Gasteiger partial charge on any atom is 0.119 e. The van der Waals surface area contributed by atoms with E-state index in [9.17, 15) is 5.11 Å². The van der Waals surface area contributed by atoms with Gasteiger partial charge in [0.2, 0.25) is 0 Å². The number of nitrogens with one attached hydrogen (secondary N) is 1. The van der Waals surface area contributed by atoms with Gasteiger partial charge in [0.1, 0.15) is 24.2 Å². The first kappa shape index (κ1) is 17.8. The molecule has 0 aliphatic carbocycles. The van der Waals surface area contributed by atoms with E-state index in [0.717, 1.165) is 17.9 Å². The molecule has 3 atom stereocenters. The average Bonchev–Trinajstić information content (AvgIpc) is 2.51. The van der Waals surface area contributed by atoms with Crippen molar-refractivity contribution >= 4 is 0 Å². The molecule has 2 N–H and O–H groups in total. The Morgan fingerprint density at radius 1 is 1.14 bits per heavy atom. The van der Waals surface area contributed by atoms with E-state index in [4.69, 9.17) is 9.47 Å². The van der Waals surface area contributed by atoms with E-state index >= 15 is 0 Å². The van der Waals surface area contributed by atoms with Crippen LogP contribution in [-0.4, -0.2) is 37.5 Å². The average molecular weight is 295 g/mol. The molecule has 0 heterocycles. The van der Waals surface area contributed by atoms with Crippen molar-refractivity contribution in [1.82, 2.24) is 5.32 Å². The predicted molar refractivity (Wildman–Crippen MR) is 86.0 cm³/mol. The molecule has 0 amide bonds. The van der Waals surface area contributed by atoms with Gasteiger partial charge in [0.15, 0.2) is 0 Å². The minimum atomic E-state index is -0.508. The lowest BCUT2D eigenvalue weighted by Crippen LogP contribution is -2.37.